The van der Waals surface area contributed by atoms with Crippen LogP contribution in [0.25, 0.3) is 0 Å². The number of benzene rings is 1. The molecule has 1 aromatic carbocycles. The fourth-order valence-electron chi connectivity index (χ4n) is 1.65. The molecule has 0 N–H and O–H groups in total. The Morgan fingerprint density at radius 3 is 2.78 bits per heavy atom. The molecule has 0 spiro atoms. The number of aldehydes is 1. The molecule has 18 heavy (non-hydrogen) atoms. The second kappa shape index (κ2) is 7.14. The minimum atomic E-state index is 0.583. The first kappa shape index (κ1) is 13.1. The molecular formula is C14H16N2OSe. The van der Waals surface area contributed by atoms with Gasteiger partial charge in [0.25, 0.3) is 0 Å². The molecule has 1 heterocycles. The van der Waals surface area contributed by atoms with E-state index in [9.17, 15) is 4.79 Å². The zero-order valence-electron chi connectivity index (χ0n) is 10.2. The number of hydrogen-bond donors (Lipinski definition) is 0. The van der Waals surface area contributed by atoms with Gasteiger partial charge in [0, 0.05) is 0 Å². The number of aryl methyl sites for hydroxylation is 1. The molecule has 2 rings (SSSR count). The van der Waals surface area contributed by atoms with Crippen LogP contribution in [0, 0.1) is 0 Å². The summed E-state index contributed by atoms with van der Waals surface area (Å²) < 4.78 is 3.31. The van der Waals surface area contributed by atoms with Crippen LogP contribution in [0.4, 0.5) is 0 Å². The molecular weight excluding hydrogens is 291 g/mol. The quantitative estimate of drug-likeness (QED) is 0.445. The van der Waals surface area contributed by atoms with Crippen LogP contribution in [0.2, 0.25) is 5.32 Å². The van der Waals surface area contributed by atoms with Crippen LogP contribution >= 0.6 is 0 Å². The van der Waals surface area contributed by atoms with Crippen LogP contribution in [0.1, 0.15) is 23.2 Å². The first-order valence-electron chi connectivity index (χ1n) is 6.04. The van der Waals surface area contributed by atoms with Gasteiger partial charge in [-0.3, -0.25) is 0 Å². The van der Waals surface area contributed by atoms with Gasteiger partial charge >= 0.3 is 113 Å². The van der Waals surface area contributed by atoms with Gasteiger partial charge in [0.2, 0.25) is 0 Å². The van der Waals surface area contributed by atoms with Gasteiger partial charge in [-0.1, -0.05) is 0 Å². The number of nitrogens with zero attached hydrogens (tertiary/aromatic N) is 2. The van der Waals surface area contributed by atoms with Crippen molar-refractivity contribution >= 4 is 25.7 Å². The number of unbranched alkanes of at least 4 members (excludes halogenated alkanes) is 1. The zero-order chi connectivity index (χ0) is 12.6. The van der Waals surface area contributed by atoms with Crippen molar-refractivity contribution in [3.63, 3.8) is 0 Å². The van der Waals surface area contributed by atoms with Gasteiger partial charge in [-0.2, -0.15) is 0 Å². The summed E-state index contributed by atoms with van der Waals surface area (Å²) in [7, 11) is 0. The summed E-state index contributed by atoms with van der Waals surface area (Å²) in [6.45, 7) is 0.901. The fraction of sp³-hybridized carbons (Fsp3) is 0.286. The first-order valence-corrected chi connectivity index (χ1v) is 8.11. The van der Waals surface area contributed by atoms with E-state index >= 15 is 0 Å². The summed E-state index contributed by atoms with van der Waals surface area (Å²) in [4.78, 5) is 10.5. The van der Waals surface area contributed by atoms with E-state index in [1.807, 2.05) is 4.68 Å². The second-order valence-corrected chi connectivity index (χ2v) is 6.47. The van der Waals surface area contributed by atoms with Gasteiger partial charge in [-0.05, 0) is 0 Å². The third-order valence-electron chi connectivity index (χ3n) is 2.58. The molecule has 0 amide bonds. The maximum absolute atomic E-state index is 10.5. The monoisotopic (exact) mass is 308 g/mol. The molecule has 0 aliphatic rings. The van der Waals surface area contributed by atoms with Gasteiger partial charge in [0.05, 0.1) is 0 Å². The molecule has 0 unspecified atom stereocenters. The van der Waals surface area contributed by atoms with Gasteiger partial charge in [0.1, 0.15) is 0 Å². The van der Waals surface area contributed by atoms with Crippen molar-refractivity contribution in [3.05, 3.63) is 48.3 Å². The van der Waals surface area contributed by atoms with E-state index in [-0.39, 0.29) is 0 Å². The van der Waals surface area contributed by atoms with Gasteiger partial charge < -0.3 is 0 Å². The standard InChI is InChI=1S/C14H16N2OSe/c17-12-13-10-15-16(11-13)8-4-5-9-18-14-6-2-1-3-7-14/h1-3,6-7,10-12H,4-5,8-9H2. The predicted molar refractivity (Wildman–Crippen MR) is 73.5 cm³/mol. The molecule has 0 saturated heterocycles. The average molecular weight is 307 g/mol. The van der Waals surface area contributed by atoms with Crippen LogP contribution in [0.15, 0.2) is 42.7 Å². The molecule has 0 saturated carbocycles. The summed E-state index contributed by atoms with van der Waals surface area (Å²) in [5, 5.41) is 5.40. The van der Waals surface area contributed by atoms with Gasteiger partial charge in [-0.25, -0.2) is 0 Å². The molecule has 4 heteroatoms. The van der Waals surface area contributed by atoms with Crippen molar-refractivity contribution in [2.24, 2.45) is 0 Å². The average Bonchev–Trinajstić information content (AvgIpc) is 2.87. The van der Waals surface area contributed by atoms with Crippen LogP contribution in [0.3, 0.4) is 0 Å². The molecule has 2 aromatic rings. The van der Waals surface area contributed by atoms with Crippen molar-refractivity contribution in [1.29, 1.82) is 0 Å². The van der Waals surface area contributed by atoms with E-state index in [1.54, 1.807) is 12.4 Å². The second-order valence-electron chi connectivity index (χ2n) is 4.02. The number of rotatable bonds is 7. The van der Waals surface area contributed by atoms with Crippen molar-refractivity contribution < 1.29 is 4.79 Å². The topological polar surface area (TPSA) is 34.9 Å². The number of hydrogen-bond acceptors (Lipinski definition) is 2. The Morgan fingerprint density at radius 2 is 2.06 bits per heavy atom. The molecule has 0 radical (unpaired) electrons. The van der Waals surface area contributed by atoms with Crippen molar-refractivity contribution in [2.75, 3.05) is 0 Å². The van der Waals surface area contributed by atoms with Crippen LogP contribution < -0.4 is 4.46 Å². The normalized spacial score (nSPS) is 10.4. The Bertz CT molecular complexity index is 482. The zero-order valence-corrected chi connectivity index (χ0v) is 11.9. The number of aromatic nitrogens is 2. The van der Waals surface area contributed by atoms with Crippen molar-refractivity contribution in [3.8, 4) is 0 Å². The summed E-state index contributed by atoms with van der Waals surface area (Å²) in [5.74, 6) is 0. The number of carbonyl (C=O) groups is 1. The molecule has 1 aromatic heterocycles. The molecule has 0 atom stereocenters. The summed E-state index contributed by atoms with van der Waals surface area (Å²) in [6.07, 6.45) is 6.58. The molecule has 0 aliphatic carbocycles. The van der Waals surface area contributed by atoms with E-state index in [4.69, 9.17) is 0 Å². The maximum atomic E-state index is 10.5. The predicted octanol–water partition coefficient (Wildman–Crippen LogP) is 1.92. The fourth-order valence-corrected chi connectivity index (χ4v) is 3.60. The Hall–Kier alpha value is -1.38. The van der Waals surface area contributed by atoms with Gasteiger partial charge in [0.15, 0.2) is 0 Å². The summed E-state index contributed by atoms with van der Waals surface area (Å²) in [6, 6.07) is 10.7. The van der Waals surface area contributed by atoms with E-state index in [0.717, 1.165) is 19.3 Å². The minimum absolute atomic E-state index is 0.583. The Balaban J connectivity index is 1.63. The summed E-state index contributed by atoms with van der Waals surface area (Å²) in [5.41, 5.74) is 0.656. The number of carbonyl (C=O) groups excluding carboxylic acids is 1. The van der Waals surface area contributed by atoms with Gasteiger partial charge in [-0.15, -0.1) is 0 Å². The SMILES string of the molecule is O=Cc1cnn(CCCC[Se]c2ccccc2)c1. The molecule has 0 bridgehead atoms. The van der Waals surface area contributed by atoms with E-state index in [2.05, 4.69) is 35.4 Å². The molecule has 0 aliphatic heterocycles. The van der Waals surface area contributed by atoms with E-state index in [0.29, 0.717) is 20.5 Å². The molecule has 94 valence electrons. The summed E-state index contributed by atoms with van der Waals surface area (Å²) >= 11 is 0.583. The Morgan fingerprint density at radius 1 is 1.22 bits per heavy atom. The Kier molecular flexibility index (Phi) is 5.18. The van der Waals surface area contributed by atoms with Crippen molar-refractivity contribution in [2.45, 2.75) is 24.7 Å². The van der Waals surface area contributed by atoms with Crippen molar-refractivity contribution in [1.82, 2.24) is 9.78 Å². The Labute approximate surface area is 113 Å². The van der Waals surface area contributed by atoms with Crippen LogP contribution in [0.5, 0.6) is 0 Å². The third-order valence-corrected chi connectivity index (χ3v) is 4.89. The molecule has 3 nitrogen and oxygen atoms in total. The molecule has 0 fully saturated rings. The van der Waals surface area contributed by atoms with Crippen LogP contribution in [-0.4, -0.2) is 31.0 Å². The third kappa shape index (κ3) is 4.13. The first-order chi connectivity index (χ1) is 8.88. The van der Waals surface area contributed by atoms with E-state index in [1.165, 1.54) is 16.2 Å². The van der Waals surface area contributed by atoms with Crippen LogP contribution in [-0.2, 0) is 6.54 Å². The van der Waals surface area contributed by atoms with E-state index < -0.39 is 0 Å².